The Morgan fingerprint density at radius 2 is 1.54 bits per heavy atom. The van der Waals surface area contributed by atoms with Crippen LogP contribution in [0.3, 0.4) is 0 Å². The van der Waals surface area contributed by atoms with Crippen LogP contribution in [0.5, 0.6) is 0 Å². The van der Waals surface area contributed by atoms with Gasteiger partial charge in [-0.15, -0.1) is 11.6 Å². The van der Waals surface area contributed by atoms with Gasteiger partial charge in [0.05, 0.1) is 14.9 Å². The maximum absolute atomic E-state index is 13.0. The van der Waals surface area contributed by atoms with Crippen LogP contribution in [-0.2, 0) is 4.87 Å². The molecule has 1 aromatic rings. The van der Waals surface area contributed by atoms with E-state index >= 15 is 0 Å². The molecule has 0 N–H and O–H groups in total. The average molecular weight is 242 g/mol. The van der Waals surface area contributed by atoms with Crippen molar-refractivity contribution >= 4 is 34.8 Å². The monoisotopic (exact) mass is 240 g/mol. The number of rotatable bonds is 1. The summed E-state index contributed by atoms with van der Waals surface area (Å²) in [6.45, 7) is 3.57. The van der Waals surface area contributed by atoms with E-state index < -0.39 is 10.7 Å². The van der Waals surface area contributed by atoms with Gasteiger partial charge in [-0.1, -0.05) is 23.2 Å². The summed E-state index contributed by atoms with van der Waals surface area (Å²) in [6, 6.07) is 2.96. The van der Waals surface area contributed by atoms with Crippen LogP contribution in [0.4, 0.5) is 4.39 Å². The molecule has 1 rings (SSSR count). The van der Waals surface area contributed by atoms with Crippen LogP contribution >= 0.6 is 34.8 Å². The Bertz CT molecular complexity index is 305. The molecule has 1 aromatic carbocycles. The Kier molecular flexibility index (Phi) is 3.11. The lowest BCUT2D eigenvalue weighted by molar-refractivity contribution is 0.626. The molecule has 0 unspecified atom stereocenters. The highest BCUT2D eigenvalue weighted by Crippen LogP contribution is 2.33. The van der Waals surface area contributed by atoms with Crippen molar-refractivity contribution in [2.24, 2.45) is 0 Å². The predicted molar refractivity (Wildman–Crippen MR) is 55.3 cm³/mol. The molecule has 0 aliphatic rings. The molecule has 0 aliphatic heterocycles. The molecule has 72 valence electrons. The number of halogens is 4. The molecule has 0 aromatic heterocycles. The summed E-state index contributed by atoms with van der Waals surface area (Å²) in [5.41, 5.74) is 0.700. The van der Waals surface area contributed by atoms with E-state index in [2.05, 4.69) is 0 Å². The Hall–Kier alpha value is 0.0200. The Balaban J connectivity index is 3.29. The van der Waals surface area contributed by atoms with E-state index in [1.807, 2.05) is 0 Å². The molecule has 0 spiro atoms. The van der Waals surface area contributed by atoms with Gasteiger partial charge in [-0.25, -0.2) is 4.39 Å². The van der Waals surface area contributed by atoms with Crippen LogP contribution in [-0.4, -0.2) is 0 Å². The van der Waals surface area contributed by atoms with Gasteiger partial charge in [0.15, 0.2) is 5.82 Å². The fourth-order valence-electron chi connectivity index (χ4n) is 0.899. The third-order valence-corrected chi connectivity index (χ3v) is 2.44. The Morgan fingerprint density at radius 3 is 1.85 bits per heavy atom. The molecular formula is C9H8Cl3F. The molecule has 0 atom stereocenters. The lowest BCUT2D eigenvalue weighted by Gasteiger charge is -2.17. The molecule has 13 heavy (non-hydrogen) atoms. The molecule has 0 fully saturated rings. The van der Waals surface area contributed by atoms with Gasteiger partial charge in [-0.2, -0.15) is 0 Å². The minimum Gasteiger partial charge on any atom is -0.204 e. The fraction of sp³-hybridized carbons (Fsp3) is 0.333. The van der Waals surface area contributed by atoms with Gasteiger partial charge in [0.25, 0.3) is 0 Å². The second-order valence-electron chi connectivity index (χ2n) is 3.23. The standard InChI is InChI=1S/C9H8Cl3F/c1-9(2,12)5-3-6(10)8(13)7(11)4-5/h3-4H,1-2H3. The third kappa shape index (κ3) is 2.49. The summed E-state index contributed by atoms with van der Waals surface area (Å²) in [5.74, 6) is -0.604. The first-order chi connectivity index (χ1) is 5.82. The van der Waals surface area contributed by atoms with E-state index in [9.17, 15) is 4.39 Å². The molecule has 0 heterocycles. The zero-order valence-corrected chi connectivity index (χ0v) is 9.43. The first kappa shape index (κ1) is 11.1. The summed E-state index contributed by atoms with van der Waals surface area (Å²) in [4.78, 5) is -0.596. The Morgan fingerprint density at radius 1 is 1.15 bits per heavy atom. The molecule has 0 nitrogen and oxygen atoms in total. The quantitative estimate of drug-likeness (QED) is 0.498. The van der Waals surface area contributed by atoms with E-state index in [4.69, 9.17) is 34.8 Å². The molecule has 0 aliphatic carbocycles. The Labute approximate surface area is 91.6 Å². The molecular weight excluding hydrogens is 233 g/mol. The average Bonchev–Trinajstić information content (AvgIpc) is 1.97. The SMILES string of the molecule is CC(C)(Cl)c1cc(Cl)c(F)c(Cl)c1. The van der Waals surface area contributed by atoms with Crippen molar-refractivity contribution in [3.8, 4) is 0 Å². The summed E-state index contributed by atoms with van der Waals surface area (Å²) in [6.07, 6.45) is 0. The number of hydrogen-bond donors (Lipinski definition) is 0. The summed E-state index contributed by atoms with van der Waals surface area (Å²) in [5, 5.41) is -0.00699. The zero-order chi connectivity index (χ0) is 10.2. The highest BCUT2D eigenvalue weighted by atomic mass is 35.5. The lowest BCUT2D eigenvalue weighted by atomic mass is 10.0. The van der Waals surface area contributed by atoms with Crippen molar-refractivity contribution in [2.45, 2.75) is 18.7 Å². The van der Waals surface area contributed by atoms with Crippen LogP contribution in [0.15, 0.2) is 12.1 Å². The van der Waals surface area contributed by atoms with E-state index in [0.29, 0.717) is 5.56 Å². The third-order valence-electron chi connectivity index (χ3n) is 1.67. The zero-order valence-electron chi connectivity index (χ0n) is 7.17. The molecule has 0 saturated heterocycles. The van der Waals surface area contributed by atoms with E-state index in [1.165, 1.54) is 12.1 Å². The summed E-state index contributed by atoms with van der Waals surface area (Å²) >= 11 is 17.2. The van der Waals surface area contributed by atoms with Crippen molar-refractivity contribution < 1.29 is 4.39 Å². The summed E-state index contributed by atoms with van der Waals surface area (Å²) < 4.78 is 13.0. The molecule has 4 heteroatoms. The van der Waals surface area contributed by atoms with Crippen molar-refractivity contribution in [3.63, 3.8) is 0 Å². The van der Waals surface area contributed by atoms with Gasteiger partial charge < -0.3 is 0 Å². The van der Waals surface area contributed by atoms with E-state index in [-0.39, 0.29) is 10.0 Å². The van der Waals surface area contributed by atoms with Crippen molar-refractivity contribution in [1.82, 2.24) is 0 Å². The van der Waals surface area contributed by atoms with Crippen LogP contribution in [0.2, 0.25) is 10.0 Å². The number of hydrogen-bond acceptors (Lipinski definition) is 0. The van der Waals surface area contributed by atoms with Gasteiger partial charge >= 0.3 is 0 Å². The first-order valence-corrected chi connectivity index (χ1v) is 4.79. The van der Waals surface area contributed by atoms with Gasteiger partial charge in [0.2, 0.25) is 0 Å². The molecule has 0 bridgehead atoms. The fourth-order valence-corrected chi connectivity index (χ4v) is 1.49. The first-order valence-electron chi connectivity index (χ1n) is 3.66. The predicted octanol–water partition coefficient (Wildman–Crippen LogP) is 4.61. The number of alkyl halides is 1. The van der Waals surface area contributed by atoms with Gasteiger partial charge in [0.1, 0.15) is 0 Å². The minimum atomic E-state index is -0.604. The van der Waals surface area contributed by atoms with Crippen LogP contribution in [0.25, 0.3) is 0 Å². The normalized spacial score (nSPS) is 11.8. The van der Waals surface area contributed by atoms with Gasteiger partial charge in [-0.3, -0.25) is 0 Å². The molecule has 0 amide bonds. The second-order valence-corrected chi connectivity index (χ2v) is 4.99. The van der Waals surface area contributed by atoms with Crippen molar-refractivity contribution in [3.05, 3.63) is 33.6 Å². The van der Waals surface area contributed by atoms with Gasteiger partial charge in [0, 0.05) is 0 Å². The summed E-state index contributed by atoms with van der Waals surface area (Å²) in [7, 11) is 0. The van der Waals surface area contributed by atoms with Crippen molar-refractivity contribution in [1.29, 1.82) is 0 Å². The van der Waals surface area contributed by atoms with Gasteiger partial charge in [-0.05, 0) is 31.5 Å². The van der Waals surface area contributed by atoms with Crippen LogP contribution in [0.1, 0.15) is 19.4 Å². The highest BCUT2D eigenvalue weighted by molar-refractivity contribution is 6.35. The largest absolute Gasteiger partial charge is 0.204 e. The van der Waals surface area contributed by atoms with Crippen molar-refractivity contribution in [2.75, 3.05) is 0 Å². The smallest absolute Gasteiger partial charge is 0.160 e. The topological polar surface area (TPSA) is 0 Å². The second kappa shape index (κ2) is 3.64. The van der Waals surface area contributed by atoms with Crippen LogP contribution in [0, 0.1) is 5.82 Å². The molecule has 0 saturated carbocycles. The maximum Gasteiger partial charge on any atom is 0.160 e. The van der Waals surface area contributed by atoms with E-state index in [0.717, 1.165) is 0 Å². The lowest BCUT2D eigenvalue weighted by Crippen LogP contribution is -2.07. The number of benzene rings is 1. The van der Waals surface area contributed by atoms with E-state index in [1.54, 1.807) is 13.8 Å². The highest BCUT2D eigenvalue weighted by Gasteiger charge is 2.19. The molecule has 0 radical (unpaired) electrons. The van der Waals surface area contributed by atoms with Crippen LogP contribution < -0.4 is 0 Å². The maximum atomic E-state index is 13.0. The minimum absolute atomic E-state index is 0.00350.